The molecule has 0 aliphatic carbocycles. The zero-order chi connectivity index (χ0) is 20.1. The van der Waals surface area contributed by atoms with E-state index in [1.807, 2.05) is 0 Å². The van der Waals surface area contributed by atoms with E-state index in [4.69, 9.17) is 4.74 Å². The van der Waals surface area contributed by atoms with E-state index >= 15 is 0 Å². The molecule has 1 N–H and O–H groups in total. The number of sulfonamides is 1. The van der Waals surface area contributed by atoms with E-state index in [0.29, 0.717) is 18.7 Å². The first-order valence-corrected chi connectivity index (χ1v) is 10.6. The Kier molecular flexibility index (Phi) is 5.99. The molecule has 8 heteroatoms. The standard InChI is InChI=1S/C20H22N2O5S/c1-2-27-20(24)17-7-3-4-8-18(17)21-28(25,26)16-12-10-15(11-13-16)22-14-6-5-9-19(22)23/h3-4,7-8,10-13,21H,2,5-6,9,14H2,1H3. The number of esters is 1. The summed E-state index contributed by atoms with van der Waals surface area (Å²) in [6.07, 6.45) is 2.32. The topological polar surface area (TPSA) is 92.8 Å². The first kappa shape index (κ1) is 19.9. The summed E-state index contributed by atoms with van der Waals surface area (Å²) in [6.45, 7) is 2.51. The number of benzene rings is 2. The second-order valence-corrected chi connectivity index (χ2v) is 8.05. The molecular formula is C20H22N2O5S. The number of ether oxygens (including phenoxy) is 1. The molecule has 1 fully saturated rings. The van der Waals surface area contributed by atoms with Crippen LogP contribution in [0.4, 0.5) is 11.4 Å². The molecule has 28 heavy (non-hydrogen) atoms. The molecule has 0 atom stereocenters. The Morgan fingerprint density at radius 2 is 1.82 bits per heavy atom. The molecule has 1 aliphatic rings. The Hall–Kier alpha value is -2.87. The summed E-state index contributed by atoms with van der Waals surface area (Å²) in [5.41, 5.74) is 0.968. The molecule has 0 aromatic heterocycles. The fourth-order valence-electron chi connectivity index (χ4n) is 3.05. The van der Waals surface area contributed by atoms with Crippen molar-refractivity contribution in [1.82, 2.24) is 0 Å². The average molecular weight is 402 g/mol. The minimum Gasteiger partial charge on any atom is -0.462 e. The van der Waals surface area contributed by atoms with Gasteiger partial charge in [0.15, 0.2) is 0 Å². The van der Waals surface area contributed by atoms with Crippen molar-refractivity contribution in [1.29, 1.82) is 0 Å². The number of para-hydroxylation sites is 1. The van der Waals surface area contributed by atoms with E-state index in [0.717, 1.165) is 12.8 Å². The van der Waals surface area contributed by atoms with Crippen LogP contribution >= 0.6 is 0 Å². The Morgan fingerprint density at radius 3 is 2.50 bits per heavy atom. The number of carbonyl (C=O) groups excluding carboxylic acids is 2. The number of piperidine rings is 1. The highest BCUT2D eigenvalue weighted by Crippen LogP contribution is 2.25. The Labute approximate surface area is 164 Å². The average Bonchev–Trinajstić information content (AvgIpc) is 2.69. The summed E-state index contributed by atoms with van der Waals surface area (Å²) in [7, 11) is -3.91. The van der Waals surface area contributed by atoms with Crippen LogP contribution in [0.25, 0.3) is 0 Å². The summed E-state index contributed by atoms with van der Waals surface area (Å²) >= 11 is 0. The number of carbonyl (C=O) groups is 2. The third-order valence-electron chi connectivity index (χ3n) is 4.45. The van der Waals surface area contributed by atoms with Crippen molar-refractivity contribution in [3.05, 3.63) is 54.1 Å². The summed E-state index contributed by atoms with van der Waals surface area (Å²) in [5.74, 6) is -0.553. The predicted octanol–water partition coefficient (Wildman–Crippen LogP) is 3.18. The van der Waals surface area contributed by atoms with E-state index in [1.54, 1.807) is 36.1 Å². The monoisotopic (exact) mass is 402 g/mol. The molecule has 3 rings (SSSR count). The van der Waals surface area contributed by atoms with Crippen LogP contribution in [0.15, 0.2) is 53.4 Å². The van der Waals surface area contributed by atoms with Gasteiger partial charge in [-0.05, 0) is 56.2 Å². The van der Waals surface area contributed by atoms with Crippen molar-refractivity contribution in [2.45, 2.75) is 31.1 Å². The van der Waals surface area contributed by atoms with Gasteiger partial charge in [-0.3, -0.25) is 9.52 Å². The van der Waals surface area contributed by atoms with Crippen LogP contribution in [0.3, 0.4) is 0 Å². The van der Waals surface area contributed by atoms with Gasteiger partial charge in [0.1, 0.15) is 0 Å². The number of hydrogen-bond acceptors (Lipinski definition) is 5. The minimum absolute atomic E-state index is 0.0411. The van der Waals surface area contributed by atoms with Crippen LogP contribution in [0.5, 0.6) is 0 Å². The van der Waals surface area contributed by atoms with Gasteiger partial charge < -0.3 is 9.64 Å². The molecule has 148 valence electrons. The van der Waals surface area contributed by atoms with Gasteiger partial charge in [0.05, 0.1) is 22.8 Å². The number of nitrogens with zero attached hydrogens (tertiary/aromatic N) is 1. The van der Waals surface area contributed by atoms with E-state index in [1.165, 1.54) is 24.3 Å². The number of nitrogens with one attached hydrogen (secondary N) is 1. The molecule has 2 aromatic carbocycles. The van der Waals surface area contributed by atoms with Gasteiger partial charge in [0.2, 0.25) is 5.91 Å². The fourth-order valence-corrected chi connectivity index (χ4v) is 4.13. The van der Waals surface area contributed by atoms with Gasteiger partial charge in [0, 0.05) is 18.7 Å². The highest BCUT2D eigenvalue weighted by Gasteiger charge is 2.22. The number of hydrogen-bond donors (Lipinski definition) is 1. The van der Waals surface area contributed by atoms with Crippen molar-refractivity contribution in [3.63, 3.8) is 0 Å². The molecule has 0 saturated carbocycles. The molecule has 1 amide bonds. The van der Waals surface area contributed by atoms with Crippen LogP contribution in [0.1, 0.15) is 36.5 Å². The van der Waals surface area contributed by atoms with Crippen molar-refractivity contribution >= 4 is 33.3 Å². The Balaban J connectivity index is 1.82. The van der Waals surface area contributed by atoms with Gasteiger partial charge in [-0.25, -0.2) is 13.2 Å². The normalized spacial score (nSPS) is 14.6. The van der Waals surface area contributed by atoms with Crippen molar-refractivity contribution in [2.75, 3.05) is 22.8 Å². The molecular weight excluding hydrogens is 380 g/mol. The van der Waals surface area contributed by atoms with Crippen molar-refractivity contribution in [2.24, 2.45) is 0 Å². The molecule has 7 nitrogen and oxygen atoms in total. The van der Waals surface area contributed by atoms with E-state index < -0.39 is 16.0 Å². The van der Waals surface area contributed by atoms with Gasteiger partial charge in [-0.15, -0.1) is 0 Å². The molecule has 1 saturated heterocycles. The largest absolute Gasteiger partial charge is 0.462 e. The zero-order valence-electron chi connectivity index (χ0n) is 15.6. The Bertz CT molecular complexity index is 970. The van der Waals surface area contributed by atoms with Crippen molar-refractivity contribution in [3.8, 4) is 0 Å². The molecule has 0 bridgehead atoms. The van der Waals surface area contributed by atoms with Crippen LogP contribution in [-0.4, -0.2) is 33.4 Å². The zero-order valence-corrected chi connectivity index (χ0v) is 16.4. The maximum absolute atomic E-state index is 12.7. The number of anilines is 2. The highest BCUT2D eigenvalue weighted by molar-refractivity contribution is 7.92. The smallest absolute Gasteiger partial charge is 0.340 e. The van der Waals surface area contributed by atoms with E-state index in [9.17, 15) is 18.0 Å². The minimum atomic E-state index is -3.91. The molecule has 1 heterocycles. The summed E-state index contributed by atoms with van der Waals surface area (Å²) in [5, 5.41) is 0. The summed E-state index contributed by atoms with van der Waals surface area (Å²) in [6, 6.07) is 12.4. The van der Waals surface area contributed by atoms with Crippen LogP contribution in [0.2, 0.25) is 0 Å². The lowest BCUT2D eigenvalue weighted by atomic mass is 10.1. The second kappa shape index (κ2) is 8.43. The van der Waals surface area contributed by atoms with Gasteiger partial charge in [0.25, 0.3) is 10.0 Å². The highest BCUT2D eigenvalue weighted by atomic mass is 32.2. The molecule has 0 radical (unpaired) electrons. The van der Waals surface area contributed by atoms with Gasteiger partial charge >= 0.3 is 5.97 Å². The lowest BCUT2D eigenvalue weighted by Gasteiger charge is -2.26. The SMILES string of the molecule is CCOC(=O)c1ccccc1NS(=O)(=O)c1ccc(N2CCCCC2=O)cc1. The lowest BCUT2D eigenvalue weighted by molar-refractivity contribution is -0.119. The molecule has 1 aliphatic heterocycles. The summed E-state index contributed by atoms with van der Waals surface area (Å²) in [4.78, 5) is 25.8. The molecule has 0 unspecified atom stereocenters. The van der Waals surface area contributed by atoms with Crippen LogP contribution in [-0.2, 0) is 19.6 Å². The van der Waals surface area contributed by atoms with Crippen LogP contribution in [0, 0.1) is 0 Å². The van der Waals surface area contributed by atoms with Crippen molar-refractivity contribution < 1.29 is 22.7 Å². The second-order valence-electron chi connectivity index (χ2n) is 6.37. The molecule has 0 spiro atoms. The number of rotatable bonds is 6. The third-order valence-corrected chi connectivity index (χ3v) is 5.83. The third kappa shape index (κ3) is 4.33. The van der Waals surface area contributed by atoms with Gasteiger partial charge in [-0.2, -0.15) is 0 Å². The first-order valence-electron chi connectivity index (χ1n) is 9.12. The lowest BCUT2D eigenvalue weighted by Crippen LogP contribution is -2.35. The van der Waals surface area contributed by atoms with E-state index in [2.05, 4.69) is 4.72 Å². The number of amides is 1. The maximum atomic E-state index is 12.7. The van der Waals surface area contributed by atoms with Gasteiger partial charge in [-0.1, -0.05) is 12.1 Å². The maximum Gasteiger partial charge on any atom is 0.340 e. The summed E-state index contributed by atoms with van der Waals surface area (Å²) < 4.78 is 32.9. The van der Waals surface area contributed by atoms with Crippen LogP contribution < -0.4 is 9.62 Å². The predicted molar refractivity (Wildman–Crippen MR) is 106 cm³/mol. The fraction of sp³-hybridized carbons (Fsp3) is 0.300. The molecule has 2 aromatic rings. The van der Waals surface area contributed by atoms with E-state index in [-0.39, 0.29) is 28.7 Å². The quantitative estimate of drug-likeness (QED) is 0.749. The Morgan fingerprint density at radius 1 is 1.11 bits per heavy atom. The first-order chi connectivity index (χ1) is 13.4.